The van der Waals surface area contributed by atoms with E-state index in [9.17, 15) is 0 Å². The van der Waals surface area contributed by atoms with E-state index in [4.69, 9.17) is 16.3 Å². The molecule has 110 valence electrons. The molecule has 0 aliphatic heterocycles. The molecule has 0 spiro atoms. The minimum Gasteiger partial charge on any atom is -0.487 e. The Morgan fingerprint density at radius 1 is 1.38 bits per heavy atom. The Hall–Kier alpha value is -1.92. The summed E-state index contributed by atoms with van der Waals surface area (Å²) in [7, 11) is 0. The van der Waals surface area contributed by atoms with Crippen LogP contribution in [-0.4, -0.2) is 15.7 Å². The van der Waals surface area contributed by atoms with Crippen molar-refractivity contribution in [3.05, 3.63) is 47.3 Å². The zero-order valence-electron chi connectivity index (χ0n) is 12.4. The molecule has 0 aliphatic carbocycles. The molecule has 2 rings (SSSR count). The van der Waals surface area contributed by atoms with Crippen molar-refractivity contribution in [2.45, 2.75) is 33.4 Å². The number of aromatic nitrogens is 2. The van der Waals surface area contributed by atoms with Gasteiger partial charge in [-0.2, -0.15) is 5.10 Å². The highest BCUT2D eigenvalue weighted by molar-refractivity contribution is 6.18. The minimum absolute atomic E-state index is 0.493. The predicted molar refractivity (Wildman–Crippen MR) is 85.6 cm³/mol. The maximum absolute atomic E-state index is 5.88. The highest BCUT2D eigenvalue weighted by Crippen LogP contribution is 2.20. The highest BCUT2D eigenvalue weighted by Gasteiger charge is 2.04. The van der Waals surface area contributed by atoms with Crippen LogP contribution < -0.4 is 4.74 Å². The molecule has 0 fully saturated rings. The Kier molecular flexibility index (Phi) is 5.71. The summed E-state index contributed by atoms with van der Waals surface area (Å²) in [4.78, 5) is 0. The van der Waals surface area contributed by atoms with Crippen LogP contribution in [0.15, 0.2) is 30.6 Å². The lowest BCUT2D eigenvalue weighted by molar-refractivity contribution is 0.305. The van der Waals surface area contributed by atoms with Crippen LogP contribution in [0.3, 0.4) is 0 Å². The molecule has 0 bridgehead atoms. The lowest BCUT2D eigenvalue weighted by Gasteiger charge is -2.08. The Morgan fingerprint density at radius 2 is 2.24 bits per heavy atom. The van der Waals surface area contributed by atoms with Crippen molar-refractivity contribution < 1.29 is 4.74 Å². The van der Waals surface area contributed by atoms with Gasteiger partial charge in [0.15, 0.2) is 0 Å². The maximum Gasteiger partial charge on any atom is 0.135 e. The van der Waals surface area contributed by atoms with Crippen LogP contribution >= 0.6 is 11.6 Å². The van der Waals surface area contributed by atoms with Crippen LogP contribution in [0.4, 0.5) is 0 Å². The number of hydrogen-bond acceptors (Lipinski definition) is 2. The fraction of sp³-hybridized carbons (Fsp3) is 0.353. The average molecular weight is 303 g/mol. The third kappa shape index (κ3) is 4.54. The highest BCUT2D eigenvalue weighted by atomic mass is 35.5. The van der Waals surface area contributed by atoms with Crippen molar-refractivity contribution in [1.82, 2.24) is 9.78 Å². The summed E-state index contributed by atoms with van der Waals surface area (Å²) < 4.78 is 7.76. The summed E-state index contributed by atoms with van der Waals surface area (Å²) >= 11 is 5.65. The first kappa shape index (κ1) is 15.5. The summed E-state index contributed by atoms with van der Waals surface area (Å²) in [6, 6.07) is 6.02. The van der Waals surface area contributed by atoms with Crippen LogP contribution in [0.2, 0.25) is 0 Å². The topological polar surface area (TPSA) is 27.1 Å². The third-order valence-corrected chi connectivity index (χ3v) is 3.17. The first-order valence-electron chi connectivity index (χ1n) is 7.02. The summed E-state index contributed by atoms with van der Waals surface area (Å²) in [6.07, 6.45) is 4.50. The molecule has 4 heteroatoms. The minimum atomic E-state index is 0.493. The van der Waals surface area contributed by atoms with Crippen LogP contribution in [-0.2, 0) is 13.2 Å². The molecule has 2 aromatic rings. The van der Waals surface area contributed by atoms with Crippen LogP contribution in [0.5, 0.6) is 5.75 Å². The lowest BCUT2D eigenvalue weighted by Crippen LogP contribution is -1.97. The molecule has 1 aromatic carbocycles. The van der Waals surface area contributed by atoms with Crippen LogP contribution in [0.1, 0.15) is 30.0 Å². The first-order chi connectivity index (χ1) is 10.2. The number of alkyl halides is 1. The van der Waals surface area contributed by atoms with Gasteiger partial charge in [0.25, 0.3) is 0 Å². The third-order valence-electron chi connectivity index (χ3n) is 2.98. The lowest BCUT2D eigenvalue weighted by atomic mass is 10.1. The molecule has 0 saturated carbocycles. The molecule has 0 unspecified atom stereocenters. The predicted octanol–water partition coefficient (Wildman–Crippen LogP) is 3.77. The number of nitrogens with zero attached hydrogens (tertiary/aromatic N) is 2. The standard InChI is InChI=1S/C17H19ClN2O/c1-3-20-12-15(11-19-20)13-21-17-8-7-14(2)10-16(17)6-4-5-9-18/h7-8,10-12H,3,5,9,13H2,1-2H3. The fourth-order valence-electron chi connectivity index (χ4n) is 1.89. The molecule has 0 N–H and O–H groups in total. The Labute approximate surface area is 130 Å². The SMILES string of the molecule is CCn1cc(COc2ccc(C)cc2C#CCCCl)cn1. The molecule has 21 heavy (non-hydrogen) atoms. The maximum atomic E-state index is 5.88. The van der Waals surface area contributed by atoms with Gasteiger partial charge in [0.1, 0.15) is 12.4 Å². The van der Waals surface area contributed by atoms with E-state index in [2.05, 4.69) is 23.9 Å². The van der Waals surface area contributed by atoms with Gasteiger partial charge in [-0.25, -0.2) is 0 Å². The van der Waals surface area contributed by atoms with Crippen LogP contribution in [0, 0.1) is 18.8 Å². The molecule has 0 aliphatic rings. The Morgan fingerprint density at radius 3 is 2.95 bits per heavy atom. The number of halogens is 1. The van der Waals surface area contributed by atoms with Gasteiger partial charge in [0.05, 0.1) is 11.8 Å². The molecule has 1 aromatic heterocycles. The van der Waals surface area contributed by atoms with Crippen molar-refractivity contribution in [3.63, 3.8) is 0 Å². The van der Waals surface area contributed by atoms with Crippen LogP contribution in [0.25, 0.3) is 0 Å². The first-order valence-corrected chi connectivity index (χ1v) is 7.56. The monoisotopic (exact) mass is 302 g/mol. The molecule has 0 amide bonds. The smallest absolute Gasteiger partial charge is 0.135 e. The largest absolute Gasteiger partial charge is 0.487 e. The van der Waals surface area contributed by atoms with E-state index in [0.29, 0.717) is 18.9 Å². The van der Waals surface area contributed by atoms with E-state index < -0.39 is 0 Å². The normalized spacial score (nSPS) is 10.0. The molecular weight excluding hydrogens is 284 g/mol. The Bertz CT molecular complexity index is 652. The quantitative estimate of drug-likeness (QED) is 0.621. The van der Waals surface area contributed by atoms with Gasteiger partial charge in [0, 0.05) is 30.6 Å². The molecule has 1 heterocycles. The van der Waals surface area contributed by atoms with E-state index >= 15 is 0 Å². The van der Waals surface area contributed by atoms with Gasteiger partial charge < -0.3 is 4.74 Å². The molecule has 0 radical (unpaired) electrons. The number of aryl methyl sites for hydroxylation is 2. The molecule has 0 saturated heterocycles. The second-order valence-electron chi connectivity index (χ2n) is 4.73. The zero-order chi connectivity index (χ0) is 15.1. The fourth-order valence-corrected chi connectivity index (χ4v) is 1.98. The average Bonchev–Trinajstić information content (AvgIpc) is 2.95. The second kappa shape index (κ2) is 7.75. The van der Waals surface area contributed by atoms with Gasteiger partial charge in [0.2, 0.25) is 0 Å². The van der Waals surface area contributed by atoms with E-state index in [0.717, 1.165) is 29.0 Å². The van der Waals surface area contributed by atoms with Gasteiger partial charge in [-0.3, -0.25) is 4.68 Å². The number of hydrogen-bond donors (Lipinski definition) is 0. The van der Waals surface area contributed by atoms with Crippen molar-refractivity contribution in [1.29, 1.82) is 0 Å². The van der Waals surface area contributed by atoms with E-state index in [1.165, 1.54) is 0 Å². The Balaban J connectivity index is 2.10. The summed E-state index contributed by atoms with van der Waals surface area (Å²) in [5.74, 6) is 7.52. The van der Waals surface area contributed by atoms with E-state index in [1.807, 2.05) is 42.2 Å². The van der Waals surface area contributed by atoms with Crippen molar-refractivity contribution >= 4 is 11.6 Å². The van der Waals surface area contributed by atoms with Gasteiger partial charge in [-0.05, 0) is 31.5 Å². The van der Waals surface area contributed by atoms with Crippen molar-refractivity contribution in [2.24, 2.45) is 0 Å². The van der Waals surface area contributed by atoms with E-state index in [-0.39, 0.29) is 0 Å². The van der Waals surface area contributed by atoms with Crippen molar-refractivity contribution in [2.75, 3.05) is 5.88 Å². The molecular formula is C17H19ClN2O. The molecule has 0 atom stereocenters. The number of benzene rings is 1. The van der Waals surface area contributed by atoms with E-state index in [1.54, 1.807) is 0 Å². The zero-order valence-corrected chi connectivity index (χ0v) is 13.2. The number of ether oxygens (including phenoxy) is 1. The summed E-state index contributed by atoms with van der Waals surface area (Å²) in [6.45, 7) is 5.46. The summed E-state index contributed by atoms with van der Waals surface area (Å²) in [5.41, 5.74) is 3.12. The van der Waals surface area contributed by atoms with Gasteiger partial charge in [-0.15, -0.1) is 11.6 Å². The van der Waals surface area contributed by atoms with Crippen molar-refractivity contribution in [3.8, 4) is 17.6 Å². The number of rotatable bonds is 5. The second-order valence-corrected chi connectivity index (χ2v) is 5.11. The molecule has 3 nitrogen and oxygen atoms in total. The van der Waals surface area contributed by atoms with Gasteiger partial charge >= 0.3 is 0 Å². The van der Waals surface area contributed by atoms with Gasteiger partial charge in [-0.1, -0.05) is 17.9 Å². The summed E-state index contributed by atoms with van der Waals surface area (Å²) in [5, 5.41) is 4.24.